The lowest BCUT2D eigenvalue weighted by Crippen LogP contribution is -2.16. The molecule has 0 atom stereocenters. The van der Waals surface area contributed by atoms with Crippen LogP contribution in [0.4, 0.5) is 0 Å². The van der Waals surface area contributed by atoms with E-state index in [-0.39, 0.29) is 0 Å². The van der Waals surface area contributed by atoms with Crippen molar-refractivity contribution in [2.45, 2.75) is 26.3 Å². The largest absolute Gasteiger partial charge is 0.494 e. The second-order valence-electron chi connectivity index (χ2n) is 4.40. The fourth-order valence-corrected chi connectivity index (χ4v) is 2.33. The Balaban J connectivity index is 1.68. The van der Waals surface area contributed by atoms with Gasteiger partial charge in [-0.3, -0.25) is 0 Å². The van der Waals surface area contributed by atoms with E-state index < -0.39 is 0 Å². The summed E-state index contributed by atoms with van der Waals surface area (Å²) in [6.45, 7) is 4.74. The van der Waals surface area contributed by atoms with Gasteiger partial charge in [-0.2, -0.15) is 0 Å². The van der Waals surface area contributed by atoms with Crippen LogP contribution in [-0.2, 0) is 13.0 Å². The zero-order valence-electron chi connectivity index (χ0n) is 11.3. The van der Waals surface area contributed by atoms with E-state index in [2.05, 4.69) is 34.7 Å². The van der Waals surface area contributed by atoms with Crippen molar-refractivity contribution in [3.05, 3.63) is 46.4 Å². The van der Waals surface area contributed by atoms with Crippen LogP contribution in [0.15, 0.2) is 35.2 Å². The van der Waals surface area contributed by atoms with Crippen LogP contribution in [0.1, 0.15) is 24.6 Å². The summed E-state index contributed by atoms with van der Waals surface area (Å²) < 4.78 is 5.56. The number of rotatable bonds is 8. The quantitative estimate of drug-likeness (QED) is 0.751. The molecule has 0 spiro atoms. The summed E-state index contributed by atoms with van der Waals surface area (Å²) in [7, 11) is 0. The third-order valence-corrected chi connectivity index (χ3v) is 3.40. The number of nitrogens with one attached hydrogen (secondary N) is 1. The third kappa shape index (κ3) is 5.01. The first-order chi connectivity index (χ1) is 9.38. The molecular formula is C15H20N2OS. The summed E-state index contributed by atoms with van der Waals surface area (Å²) in [4.78, 5) is 4.26. The molecule has 1 aromatic carbocycles. The molecule has 4 heteroatoms. The fourth-order valence-electron chi connectivity index (χ4n) is 1.73. The fraction of sp³-hybridized carbons (Fsp3) is 0.400. The van der Waals surface area contributed by atoms with E-state index in [0.29, 0.717) is 0 Å². The monoisotopic (exact) mass is 276 g/mol. The summed E-state index contributed by atoms with van der Waals surface area (Å²) in [6, 6.07) is 8.29. The number of benzene rings is 1. The molecule has 0 saturated carbocycles. The number of ether oxygens (including phenoxy) is 1. The molecule has 2 aromatic rings. The molecule has 0 radical (unpaired) electrons. The highest BCUT2D eigenvalue weighted by atomic mass is 32.1. The molecule has 0 aliphatic rings. The molecule has 19 heavy (non-hydrogen) atoms. The SMILES string of the molecule is CCCOc1ccc(CNCCc2cscn2)cc1. The van der Waals surface area contributed by atoms with Gasteiger partial charge in [-0.15, -0.1) is 11.3 Å². The van der Waals surface area contributed by atoms with E-state index in [0.717, 1.165) is 38.3 Å². The molecular weight excluding hydrogens is 256 g/mol. The molecule has 0 aliphatic heterocycles. The number of hydrogen-bond donors (Lipinski definition) is 1. The van der Waals surface area contributed by atoms with Gasteiger partial charge in [-0.1, -0.05) is 19.1 Å². The van der Waals surface area contributed by atoms with Crippen LogP contribution in [0.2, 0.25) is 0 Å². The van der Waals surface area contributed by atoms with Gasteiger partial charge in [-0.25, -0.2) is 4.98 Å². The average Bonchev–Trinajstić information content (AvgIpc) is 2.96. The molecule has 0 bridgehead atoms. The molecule has 1 heterocycles. The van der Waals surface area contributed by atoms with Crippen molar-refractivity contribution in [2.24, 2.45) is 0 Å². The number of thiazole rings is 1. The molecule has 0 aliphatic carbocycles. The molecule has 1 N–H and O–H groups in total. The highest BCUT2D eigenvalue weighted by Crippen LogP contribution is 2.12. The summed E-state index contributed by atoms with van der Waals surface area (Å²) >= 11 is 1.65. The highest BCUT2D eigenvalue weighted by molar-refractivity contribution is 7.07. The van der Waals surface area contributed by atoms with E-state index >= 15 is 0 Å². The van der Waals surface area contributed by atoms with Crippen molar-refractivity contribution in [3.8, 4) is 5.75 Å². The van der Waals surface area contributed by atoms with Crippen LogP contribution >= 0.6 is 11.3 Å². The predicted octanol–water partition coefficient (Wildman–Crippen LogP) is 3.26. The molecule has 0 unspecified atom stereocenters. The Bertz CT molecular complexity index is 454. The Kier molecular flexibility index (Phi) is 5.85. The van der Waals surface area contributed by atoms with Crippen LogP contribution in [0, 0.1) is 0 Å². The van der Waals surface area contributed by atoms with E-state index in [9.17, 15) is 0 Å². The minimum atomic E-state index is 0.783. The van der Waals surface area contributed by atoms with Crippen molar-refractivity contribution in [2.75, 3.05) is 13.2 Å². The summed E-state index contributed by atoms with van der Waals surface area (Å²) in [5.74, 6) is 0.952. The highest BCUT2D eigenvalue weighted by Gasteiger charge is 1.97. The Hall–Kier alpha value is -1.39. The summed E-state index contributed by atoms with van der Waals surface area (Å²) in [6.07, 6.45) is 2.03. The summed E-state index contributed by atoms with van der Waals surface area (Å²) in [5, 5.41) is 5.53. The Labute approximate surface area is 118 Å². The molecule has 3 nitrogen and oxygen atoms in total. The molecule has 0 amide bonds. The number of hydrogen-bond acceptors (Lipinski definition) is 4. The molecule has 2 rings (SSSR count). The molecule has 0 fully saturated rings. The van der Waals surface area contributed by atoms with E-state index in [1.165, 1.54) is 11.3 Å². The summed E-state index contributed by atoms with van der Waals surface area (Å²) in [5.41, 5.74) is 4.33. The number of aromatic nitrogens is 1. The maximum Gasteiger partial charge on any atom is 0.119 e. The van der Waals surface area contributed by atoms with Crippen LogP contribution in [-0.4, -0.2) is 18.1 Å². The Morgan fingerprint density at radius 2 is 2.11 bits per heavy atom. The van der Waals surface area contributed by atoms with Gasteiger partial charge >= 0.3 is 0 Å². The topological polar surface area (TPSA) is 34.1 Å². The van der Waals surface area contributed by atoms with Gasteiger partial charge in [-0.05, 0) is 24.1 Å². The van der Waals surface area contributed by atoms with Crippen LogP contribution in [0.25, 0.3) is 0 Å². The van der Waals surface area contributed by atoms with Gasteiger partial charge in [0.15, 0.2) is 0 Å². The first-order valence-corrected chi connectivity index (χ1v) is 7.62. The Morgan fingerprint density at radius 1 is 1.26 bits per heavy atom. The Morgan fingerprint density at radius 3 is 2.79 bits per heavy atom. The van der Waals surface area contributed by atoms with E-state index in [1.807, 2.05) is 17.6 Å². The minimum Gasteiger partial charge on any atom is -0.494 e. The standard InChI is InChI=1S/C15H20N2OS/c1-2-9-18-15-5-3-13(4-6-15)10-16-8-7-14-11-19-12-17-14/h3-6,11-12,16H,2,7-10H2,1H3. The normalized spacial score (nSPS) is 10.6. The van der Waals surface area contributed by atoms with Crippen LogP contribution in [0.3, 0.4) is 0 Å². The van der Waals surface area contributed by atoms with E-state index in [1.54, 1.807) is 11.3 Å². The van der Waals surface area contributed by atoms with Crippen molar-refractivity contribution in [1.29, 1.82) is 0 Å². The zero-order chi connectivity index (χ0) is 13.3. The van der Waals surface area contributed by atoms with Crippen LogP contribution in [0.5, 0.6) is 5.75 Å². The van der Waals surface area contributed by atoms with Gasteiger partial charge in [0, 0.05) is 24.9 Å². The second-order valence-corrected chi connectivity index (χ2v) is 5.12. The predicted molar refractivity (Wildman–Crippen MR) is 79.8 cm³/mol. The maximum absolute atomic E-state index is 5.56. The van der Waals surface area contributed by atoms with Gasteiger partial charge in [0.2, 0.25) is 0 Å². The van der Waals surface area contributed by atoms with E-state index in [4.69, 9.17) is 4.74 Å². The van der Waals surface area contributed by atoms with Gasteiger partial charge in [0.25, 0.3) is 0 Å². The van der Waals surface area contributed by atoms with Gasteiger partial charge in [0.05, 0.1) is 17.8 Å². The lowest BCUT2D eigenvalue weighted by molar-refractivity contribution is 0.317. The lowest BCUT2D eigenvalue weighted by atomic mass is 10.2. The maximum atomic E-state index is 5.56. The lowest BCUT2D eigenvalue weighted by Gasteiger charge is -2.07. The first-order valence-electron chi connectivity index (χ1n) is 6.68. The number of nitrogens with zero attached hydrogens (tertiary/aromatic N) is 1. The molecule has 0 saturated heterocycles. The molecule has 1 aromatic heterocycles. The van der Waals surface area contributed by atoms with Crippen molar-refractivity contribution in [1.82, 2.24) is 10.3 Å². The van der Waals surface area contributed by atoms with Gasteiger partial charge < -0.3 is 10.1 Å². The van der Waals surface area contributed by atoms with Crippen molar-refractivity contribution in [3.63, 3.8) is 0 Å². The average molecular weight is 276 g/mol. The van der Waals surface area contributed by atoms with Crippen molar-refractivity contribution >= 4 is 11.3 Å². The smallest absolute Gasteiger partial charge is 0.119 e. The van der Waals surface area contributed by atoms with Crippen LogP contribution < -0.4 is 10.1 Å². The van der Waals surface area contributed by atoms with Crippen molar-refractivity contribution < 1.29 is 4.74 Å². The zero-order valence-corrected chi connectivity index (χ0v) is 12.1. The molecule has 102 valence electrons. The first kappa shape index (κ1) is 14.0. The minimum absolute atomic E-state index is 0.783. The second kappa shape index (κ2) is 7.92. The third-order valence-electron chi connectivity index (χ3n) is 2.77. The van der Waals surface area contributed by atoms with Gasteiger partial charge in [0.1, 0.15) is 5.75 Å².